The zero-order chi connectivity index (χ0) is 22.6. The number of benzene rings is 2. The molecule has 2 aromatic carbocycles. The van der Waals surface area contributed by atoms with Gasteiger partial charge < -0.3 is 20.4 Å². The summed E-state index contributed by atoms with van der Waals surface area (Å²) < 4.78 is 0. The molecule has 2 aliphatic rings. The summed E-state index contributed by atoms with van der Waals surface area (Å²) in [6, 6.07) is 18.5. The fraction of sp³-hybridized carbons (Fsp3) is 0.320. The van der Waals surface area contributed by atoms with Crippen molar-refractivity contribution in [2.45, 2.75) is 32.4 Å². The van der Waals surface area contributed by atoms with Crippen molar-refractivity contribution < 1.29 is 0 Å². The summed E-state index contributed by atoms with van der Waals surface area (Å²) in [5.41, 5.74) is 3.89. The number of hydrogen-bond acceptors (Lipinski definition) is 5. The summed E-state index contributed by atoms with van der Waals surface area (Å²) >= 11 is 11.5. The highest BCUT2D eigenvalue weighted by atomic mass is 35.5. The fourth-order valence-electron chi connectivity index (χ4n) is 4.37. The van der Waals surface area contributed by atoms with E-state index in [0.717, 1.165) is 54.8 Å². The highest BCUT2D eigenvalue weighted by Crippen LogP contribution is 2.28. The van der Waals surface area contributed by atoms with Crippen LogP contribution < -0.4 is 20.4 Å². The van der Waals surface area contributed by atoms with Crippen molar-refractivity contribution in [1.29, 1.82) is 0 Å². The van der Waals surface area contributed by atoms with E-state index in [1.165, 1.54) is 24.0 Å². The van der Waals surface area contributed by atoms with Crippen molar-refractivity contribution in [2.75, 3.05) is 34.8 Å². The Balaban J connectivity index is 1.33. The van der Waals surface area contributed by atoms with Crippen molar-refractivity contribution in [3.8, 4) is 0 Å². The molecule has 0 saturated carbocycles. The first-order valence-electron chi connectivity index (χ1n) is 11.4. The van der Waals surface area contributed by atoms with E-state index in [1.54, 1.807) is 0 Å². The first kappa shape index (κ1) is 21.9. The molecule has 33 heavy (non-hydrogen) atoms. The van der Waals surface area contributed by atoms with Gasteiger partial charge in [-0.15, -0.1) is 0 Å². The van der Waals surface area contributed by atoms with Crippen LogP contribution in [0.5, 0.6) is 0 Å². The van der Waals surface area contributed by atoms with Gasteiger partial charge in [-0.25, -0.2) is 0 Å². The molecule has 1 fully saturated rings. The van der Waals surface area contributed by atoms with Crippen molar-refractivity contribution in [3.05, 3.63) is 76.3 Å². The molecule has 170 valence electrons. The smallest absolute Gasteiger partial charge is 0.232 e. The number of hydrogen-bond donors (Lipinski definition) is 2. The third-order valence-electron chi connectivity index (χ3n) is 6.18. The Morgan fingerprint density at radius 3 is 2.36 bits per heavy atom. The maximum Gasteiger partial charge on any atom is 0.232 e. The Labute approximate surface area is 205 Å². The molecule has 0 bridgehead atoms. The maximum absolute atomic E-state index is 5.97. The first-order chi connectivity index (χ1) is 16.1. The van der Waals surface area contributed by atoms with Crippen LogP contribution in [0.25, 0.3) is 0 Å². The molecule has 1 saturated heterocycles. The van der Waals surface area contributed by atoms with E-state index in [4.69, 9.17) is 33.8 Å². The Bertz CT molecular complexity index is 1130. The van der Waals surface area contributed by atoms with Crippen LogP contribution in [0.3, 0.4) is 0 Å². The van der Waals surface area contributed by atoms with Crippen LogP contribution in [0.1, 0.15) is 29.5 Å². The molecule has 8 heteroatoms. The molecule has 3 heterocycles. The molecule has 0 amide bonds. The van der Waals surface area contributed by atoms with E-state index < -0.39 is 0 Å². The van der Waals surface area contributed by atoms with Crippen LogP contribution in [-0.4, -0.2) is 34.7 Å². The summed E-state index contributed by atoms with van der Waals surface area (Å²) in [6.07, 6.45) is 3.41. The quantitative estimate of drug-likeness (QED) is 0.512. The molecule has 0 atom stereocenters. The fourth-order valence-corrected chi connectivity index (χ4v) is 4.66. The largest absolute Gasteiger partial charge is 0.358 e. The lowest BCUT2D eigenvalue weighted by atomic mass is 10.00. The molecule has 0 radical (unpaired) electrons. The van der Waals surface area contributed by atoms with Crippen LogP contribution in [0.4, 0.5) is 17.6 Å². The molecule has 2 aliphatic heterocycles. The van der Waals surface area contributed by atoms with Crippen molar-refractivity contribution >= 4 is 46.5 Å². The minimum absolute atomic E-state index is 0.499. The standard InChI is InChI=1S/C25H27ClN6S/c26-21-9-7-18(8-10-21)16-27-25(33)30-24-28-22(31-12-3-4-13-31)15-23(29-24)32-14-11-19-5-1-2-6-20(19)17-32/h1-2,5-10,15H,3-4,11-14,16-17H2,(H2,27,28,29,30,33). The van der Waals surface area contributed by atoms with Crippen molar-refractivity contribution in [3.63, 3.8) is 0 Å². The average Bonchev–Trinajstić information content (AvgIpc) is 3.38. The van der Waals surface area contributed by atoms with Gasteiger partial charge in [0.25, 0.3) is 0 Å². The zero-order valence-electron chi connectivity index (χ0n) is 18.4. The lowest BCUT2D eigenvalue weighted by molar-refractivity contribution is 0.719. The summed E-state index contributed by atoms with van der Waals surface area (Å²) in [5.74, 6) is 2.42. The lowest BCUT2D eigenvalue weighted by Crippen LogP contribution is -2.33. The maximum atomic E-state index is 5.97. The van der Waals surface area contributed by atoms with E-state index in [0.29, 0.717) is 17.6 Å². The van der Waals surface area contributed by atoms with Gasteiger partial charge in [-0.1, -0.05) is 48.0 Å². The molecular weight excluding hydrogens is 452 g/mol. The number of anilines is 3. The second-order valence-electron chi connectivity index (χ2n) is 8.48. The number of aromatic nitrogens is 2. The number of halogens is 1. The molecule has 3 aromatic rings. The summed E-state index contributed by atoms with van der Waals surface area (Å²) in [7, 11) is 0. The van der Waals surface area contributed by atoms with Gasteiger partial charge in [0.2, 0.25) is 5.95 Å². The SMILES string of the molecule is S=C(NCc1ccc(Cl)cc1)Nc1nc(N2CCCC2)cc(N2CCc3ccccc3C2)n1. The van der Waals surface area contributed by atoms with Gasteiger partial charge in [0, 0.05) is 43.8 Å². The van der Waals surface area contributed by atoms with E-state index in [-0.39, 0.29) is 0 Å². The Morgan fingerprint density at radius 1 is 0.909 bits per heavy atom. The van der Waals surface area contributed by atoms with E-state index >= 15 is 0 Å². The van der Waals surface area contributed by atoms with Gasteiger partial charge in [0.1, 0.15) is 11.6 Å². The molecule has 5 rings (SSSR count). The topological polar surface area (TPSA) is 56.3 Å². The van der Waals surface area contributed by atoms with E-state index in [2.05, 4.69) is 50.8 Å². The normalized spacial score (nSPS) is 15.3. The lowest BCUT2D eigenvalue weighted by Gasteiger charge is -2.30. The van der Waals surface area contributed by atoms with Gasteiger partial charge >= 0.3 is 0 Å². The minimum atomic E-state index is 0.499. The monoisotopic (exact) mass is 478 g/mol. The van der Waals surface area contributed by atoms with Crippen LogP contribution >= 0.6 is 23.8 Å². The Kier molecular flexibility index (Phi) is 6.60. The van der Waals surface area contributed by atoms with Crippen LogP contribution in [-0.2, 0) is 19.5 Å². The number of nitrogens with zero attached hydrogens (tertiary/aromatic N) is 4. The second kappa shape index (κ2) is 9.93. The summed E-state index contributed by atoms with van der Waals surface area (Å²) in [4.78, 5) is 14.3. The highest BCUT2D eigenvalue weighted by molar-refractivity contribution is 7.80. The third-order valence-corrected chi connectivity index (χ3v) is 6.67. The summed E-state index contributed by atoms with van der Waals surface area (Å²) in [6.45, 7) is 4.44. The predicted molar refractivity (Wildman–Crippen MR) is 139 cm³/mol. The second-order valence-corrected chi connectivity index (χ2v) is 9.32. The molecule has 0 aliphatic carbocycles. The highest BCUT2D eigenvalue weighted by Gasteiger charge is 2.21. The van der Waals surface area contributed by atoms with Gasteiger partial charge in [-0.2, -0.15) is 9.97 Å². The molecule has 6 nitrogen and oxygen atoms in total. The number of fused-ring (bicyclic) bond motifs is 1. The van der Waals surface area contributed by atoms with Gasteiger partial charge in [0.05, 0.1) is 0 Å². The Hall–Kier alpha value is -2.90. The molecule has 2 N–H and O–H groups in total. The molecule has 0 spiro atoms. The van der Waals surface area contributed by atoms with Crippen LogP contribution in [0.2, 0.25) is 5.02 Å². The number of thiocarbonyl (C=S) groups is 1. The van der Waals surface area contributed by atoms with Crippen molar-refractivity contribution in [1.82, 2.24) is 15.3 Å². The van der Waals surface area contributed by atoms with Crippen molar-refractivity contribution in [2.24, 2.45) is 0 Å². The molecule has 1 aromatic heterocycles. The third kappa shape index (κ3) is 5.37. The van der Waals surface area contributed by atoms with Crippen LogP contribution in [0.15, 0.2) is 54.6 Å². The van der Waals surface area contributed by atoms with Crippen LogP contribution in [0, 0.1) is 0 Å². The van der Waals surface area contributed by atoms with Gasteiger partial charge in [-0.3, -0.25) is 0 Å². The molecule has 0 unspecified atom stereocenters. The Morgan fingerprint density at radius 2 is 1.61 bits per heavy atom. The predicted octanol–water partition coefficient (Wildman–Crippen LogP) is 4.78. The average molecular weight is 479 g/mol. The van der Waals surface area contributed by atoms with E-state index in [9.17, 15) is 0 Å². The molecular formula is C25H27ClN6S. The summed E-state index contributed by atoms with van der Waals surface area (Å²) in [5, 5.41) is 7.66. The first-order valence-corrected chi connectivity index (χ1v) is 12.2. The minimum Gasteiger partial charge on any atom is -0.358 e. The van der Waals surface area contributed by atoms with E-state index in [1.807, 2.05) is 24.3 Å². The van der Waals surface area contributed by atoms with Gasteiger partial charge in [0.15, 0.2) is 5.11 Å². The van der Waals surface area contributed by atoms with Gasteiger partial charge in [-0.05, 0) is 60.3 Å². The zero-order valence-corrected chi connectivity index (χ0v) is 20.0. The number of rotatable bonds is 5. The number of nitrogens with one attached hydrogen (secondary N) is 2.